The average Bonchev–Trinajstić information content (AvgIpc) is 1.89. The number of aromatic hydroxyl groups is 1. The van der Waals surface area contributed by atoms with Gasteiger partial charge in [-0.1, -0.05) is 24.8 Å². The first kappa shape index (κ1) is 5.89. The van der Waals surface area contributed by atoms with Crippen LogP contribution in [0, 0.1) is 6.07 Å². The number of benzene rings is 1. The Hall–Kier alpha value is -1.24. The molecule has 0 amide bonds. The lowest BCUT2D eigenvalue weighted by molar-refractivity contribution is 0.474. The molecule has 45 valence electrons. The minimum absolute atomic E-state index is 0.229. The van der Waals surface area contributed by atoms with Gasteiger partial charge in [0.2, 0.25) is 0 Å². The fraction of sp³-hybridized carbons (Fsp3) is 0. The molecule has 9 heavy (non-hydrogen) atoms. The van der Waals surface area contributed by atoms with E-state index in [1.165, 1.54) is 0 Å². The van der Waals surface area contributed by atoms with Crippen LogP contribution in [0.25, 0.3) is 6.08 Å². The van der Waals surface area contributed by atoms with Crippen LogP contribution in [-0.2, 0) is 0 Å². The summed E-state index contributed by atoms with van der Waals surface area (Å²) in [6, 6.07) is 7.88. The van der Waals surface area contributed by atoms with Gasteiger partial charge in [0, 0.05) is 5.56 Å². The molecule has 1 rings (SSSR count). The van der Waals surface area contributed by atoms with Crippen LogP contribution in [0.1, 0.15) is 5.56 Å². The van der Waals surface area contributed by atoms with Gasteiger partial charge in [-0.15, -0.1) is 0 Å². The summed E-state index contributed by atoms with van der Waals surface area (Å²) >= 11 is 0. The van der Waals surface area contributed by atoms with E-state index in [1.807, 2.05) is 0 Å². The molecule has 1 heteroatoms. The third-order valence-corrected chi connectivity index (χ3v) is 1.07. The Bertz CT molecular complexity index is 216. The molecule has 0 saturated carbocycles. The zero-order valence-corrected chi connectivity index (χ0v) is 4.96. The van der Waals surface area contributed by atoms with Gasteiger partial charge in [0.1, 0.15) is 5.75 Å². The van der Waals surface area contributed by atoms with Crippen molar-refractivity contribution < 1.29 is 5.11 Å². The van der Waals surface area contributed by atoms with Gasteiger partial charge in [0.15, 0.2) is 0 Å². The summed E-state index contributed by atoms with van der Waals surface area (Å²) in [4.78, 5) is 0. The van der Waals surface area contributed by atoms with E-state index < -0.39 is 0 Å². The molecule has 0 bridgehead atoms. The lowest BCUT2D eigenvalue weighted by Gasteiger charge is -1.93. The van der Waals surface area contributed by atoms with Gasteiger partial charge in [0.25, 0.3) is 0 Å². The lowest BCUT2D eigenvalue weighted by atomic mass is 10.2. The van der Waals surface area contributed by atoms with Crippen molar-refractivity contribution in [3.05, 3.63) is 36.4 Å². The Labute approximate surface area is 54.3 Å². The molecule has 1 N–H and O–H groups in total. The second-order valence-corrected chi connectivity index (χ2v) is 1.67. The standard InChI is InChI=1S/C8H7O/c1-2-7-5-3-4-6-8(7)9/h2-4,6,9H,1H2. The van der Waals surface area contributed by atoms with Gasteiger partial charge >= 0.3 is 0 Å². The van der Waals surface area contributed by atoms with Gasteiger partial charge in [-0.25, -0.2) is 0 Å². The maximum Gasteiger partial charge on any atom is 0.123 e. The van der Waals surface area contributed by atoms with Gasteiger partial charge in [-0.3, -0.25) is 0 Å². The van der Waals surface area contributed by atoms with Crippen LogP contribution < -0.4 is 0 Å². The molecule has 0 fully saturated rings. The second kappa shape index (κ2) is 2.35. The highest BCUT2D eigenvalue weighted by Gasteiger charge is 1.90. The maximum absolute atomic E-state index is 9.01. The Balaban J connectivity index is 3.15. The smallest absolute Gasteiger partial charge is 0.123 e. The van der Waals surface area contributed by atoms with Crippen LogP contribution >= 0.6 is 0 Å². The minimum atomic E-state index is 0.229. The van der Waals surface area contributed by atoms with Crippen LogP contribution in [0.15, 0.2) is 24.8 Å². The Morgan fingerprint density at radius 3 is 2.89 bits per heavy atom. The first-order valence-electron chi connectivity index (χ1n) is 2.66. The molecular weight excluding hydrogens is 112 g/mol. The quantitative estimate of drug-likeness (QED) is 0.598. The van der Waals surface area contributed by atoms with Crippen molar-refractivity contribution in [3.8, 4) is 5.75 Å². The molecule has 1 aromatic rings. The SMILES string of the molecule is C=Cc1[c]cccc1O. The monoisotopic (exact) mass is 119 g/mol. The number of phenolic OH excluding ortho intramolecular Hbond substituents is 1. The molecule has 0 aliphatic heterocycles. The van der Waals surface area contributed by atoms with Crippen molar-refractivity contribution in [1.82, 2.24) is 0 Å². The zero-order valence-electron chi connectivity index (χ0n) is 4.96. The second-order valence-electron chi connectivity index (χ2n) is 1.67. The van der Waals surface area contributed by atoms with E-state index in [0.717, 1.165) is 0 Å². The largest absolute Gasteiger partial charge is 0.507 e. The lowest BCUT2D eigenvalue weighted by Crippen LogP contribution is -1.70. The molecule has 0 unspecified atom stereocenters. The third-order valence-electron chi connectivity index (χ3n) is 1.07. The predicted octanol–water partition coefficient (Wildman–Crippen LogP) is 1.84. The molecule has 0 saturated heterocycles. The average molecular weight is 119 g/mol. The van der Waals surface area contributed by atoms with Crippen molar-refractivity contribution in [2.45, 2.75) is 0 Å². The van der Waals surface area contributed by atoms with Gasteiger partial charge in [-0.2, -0.15) is 0 Å². The van der Waals surface area contributed by atoms with Crippen molar-refractivity contribution in [3.63, 3.8) is 0 Å². The summed E-state index contributed by atoms with van der Waals surface area (Å²) < 4.78 is 0. The minimum Gasteiger partial charge on any atom is -0.507 e. The first-order chi connectivity index (χ1) is 4.34. The molecule has 0 aliphatic rings. The van der Waals surface area contributed by atoms with Crippen LogP contribution in [0.2, 0.25) is 0 Å². The van der Waals surface area contributed by atoms with Crippen LogP contribution in [-0.4, -0.2) is 5.11 Å². The van der Waals surface area contributed by atoms with Crippen molar-refractivity contribution in [2.24, 2.45) is 0 Å². The topological polar surface area (TPSA) is 20.2 Å². The summed E-state index contributed by atoms with van der Waals surface area (Å²) in [5, 5.41) is 9.01. The molecule has 1 nitrogen and oxygen atoms in total. The molecule has 0 aliphatic carbocycles. The summed E-state index contributed by atoms with van der Waals surface area (Å²) in [6.45, 7) is 3.50. The highest BCUT2D eigenvalue weighted by atomic mass is 16.3. The van der Waals surface area contributed by atoms with Gasteiger partial charge in [-0.05, 0) is 12.1 Å². The molecule has 1 aromatic carbocycles. The van der Waals surface area contributed by atoms with Crippen molar-refractivity contribution >= 4 is 6.08 Å². The highest BCUT2D eigenvalue weighted by Crippen LogP contribution is 2.14. The van der Waals surface area contributed by atoms with Crippen molar-refractivity contribution in [2.75, 3.05) is 0 Å². The van der Waals surface area contributed by atoms with E-state index in [2.05, 4.69) is 12.6 Å². The molecule has 0 spiro atoms. The van der Waals surface area contributed by atoms with Gasteiger partial charge in [0.05, 0.1) is 0 Å². The Morgan fingerprint density at radius 1 is 1.67 bits per heavy atom. The van der Waals surface area contributed by atoms with E-state index in [-0.39, 0.29) is 5.75 Å². The highest BCUT2D eigenvalue weighted by molar-refractivity contribution is 5.53. The zero-order chi connectivity index (χ0) is 6.69. The van der Waals surface area contributed by atoms with E-state index in [0.29, 0.717) is 5.56 Å². The summed E-state index contributed by atoms with van der Waals surface area (Å²) in [5.74, 6) is 0.229. The number of hydrogen-bond donors (Lipinski definition) is 1. The summed E-state index contributed by atoms with van der Waals surface area (Å²) in [7, 11) is 0. The first-order valence-corrected chi connectivity index (χ1v) is 2.66. The van der Waals surface area contributed by atoms with E-state index in [4.69, 9.17) is 5.11 Å². The normalized spacial score (nSPS) is 8.89. The maximum atomic E-state index is 9.01. The predicted molar refractivity (Wildman–Crippen MR) is 37.0 cm³/mol. The van der Waals surface area contributed by atoms with Crippen molar-refractivity contribution in [1.29, 1.82) is 0 Å². The van der Waals surface area contributed by atoms with Crippen LogP contribution in [0.4, 0.5) is 0 Å². The summed E-state index contributed by atoms with van der Waals surface area (Å²) in [5.41, 5.74) is 0.650. The van der Waals surface area contributed by atoms with Crippen LogP contribution in [0.3, 0.4) is 0 Å². The Kier molecular flexibility index (Phi) is 1.54. The Morgan fingerprint density at radius 2 is 2.44 bits per heavy atom. The van der Waals surface area contributed by atoms with E-state index in [9.17, 15) is 0 Å². The van der Waals surface area contributed by atoms with E-state index >= 15 is 0 Å². The van der Waals surface area contributed by atoms with E-state index in [1.54, 1.807) is 24.3 Å². The molecule has 0 aromatic heterocycles. The fourth-order valence-electron chi connectivity index (χ4n) is 0.604. The molecule has 1 radical (unpaired) electrons. The summed E-state index contributed by atoms with van der Waals surface area (Å²) in [6.07, 6.45) is 1.56. The molecular formula is C8H7O. The van der Waals surface area contributed by atoms with Crippen LogP contribution in [0.5, 0.6) is 5.75 Å². The molecule has 0 heterocycles. The number of hydrogen-bond acceptors (Lipinski definition) is 1. The third kappa shape index (κ3) is 1.11. The number of rotatable bonds is 1. The number of phenols is 1. The van der Waals surface area contributed by atoms with Gasteiger partial charge < -0.3 is 5.11 Å². The fourth-order valence-corrected chi connectivity index (χ4v) is 0.604. The molecule has 0 atom stereocenters.